The van der Waals surface area contributed by atoms with Crippen LogP contribution in [0, 0.1) is 10.1 Å². The van der Waals surface area contributed by atoms with E-state index in [0.717, 1.165) is 11.0 Å². The average Bonchev–Trinajstić information content (AvgIpc) is 2.96. The second-order valence-corrected chi connectivity index (χ2v) is 6.54. The molecular weight excluding hydrogens is 369 g/mol. The van der Waals surface area contributed by atoms with Crippen LogP contribution < -0.4 is 10.1 Å². The SMILES string of the molecule is Cn1nc(C(F)(F)F)cc1Oc1ncnc(C2(C)CCNCC2)c1[N+](=O)[O-]. The molecule has 1 N–H and O–H groups in total. The van der Waals surface area contributed by atoms with Crippen LogP contribution in [0.15, 0.2) is 12.4 Å². The molecule has 0 spiro atoms. The molecule has 0 radical (unpaired) electrons. The van der Waals surface area contributed by atoms with E-state index in [2.05, 4.69) is 20.4 Å². The first-order chi connectivity index (χ1) is 12.6. The monoisotopic (exact) mass is 386 g/mol. The highest BCUT2D eigenvalue weighted by Crippen LogP contribution is 2.41. The maximum atomic E-state index is 12.8. The van der Waals surface area contributed by atoms with Crippen LogP contribution in [-0.2, 0) is 18.6 Å². The van der Waals surface area contributed by atoms with Gasteiger partial charge in [-0.15, -0.1) is 0 Å². The quantitative estimate of drug-likeness (QED) is 0.635. The number of hydrogen-bond donors (Lipinski definition) is 1. The van der Waals surface area contributed by atoms with Gasteiger partial charge in [0.25, 0.3) is 0 Å². The molecule has 0 bridgehead atoms. The number of piperidine rings is 1. The average molecular weight is 386 g/mol. The number of halogens is 3. The van der Waals surface area contributed by atoms with Gasteiger partial charge in [0.05, 0.1) is 4.92 Å². The molecule has 27 heavy (non-hydrogen) atoms. The number of nitrogens with zero attached hydrogens (tertiary/aromatic N) is 5. The van der Waals surface area contributed by atoms with Crippen molar-refractivity contribution in [2.45, 2.75) is 31.4 Å². The molecule has 0 aliphatic carbocycles. The highest BCUT2D eigenvalue weighted by molar-refractivity contribution is 5.49. The lowest BCUT2D eigenvalue weighted by molar-refractivity contribution is -0.387. The second-order valence-electron chi connectivity index (χ2n) is 6.54. The summed E-state index contributed by atoms with van der Waals surface area (Å²) in [4.78, 5) is 18.9. The fraction of sp³-hybridized carbons (Fsp3) is 0.533. The molecule has 9 nitrogen and oxygen atoms in total. The van der Waals surface area contributed by atoms with Crippen molar-refractivity contribution in [1.82, 2.24) is 25.1 Å². The summed E-state index contributed by atoms with van der Waals surface area (Å²) in [6, 6.07) is 0.664. The predicted octanol–water partition coefficient (Wildman–Crippen LogP) is 2.57. The first kappa shape index (κ1) is 19.0. The van der Waals surface area contributed by atoms with Crippen molar-refractivity contribution < 1.29 is 22.8 Å². The Bertz CT molecular complexity index is 861. The molecule has 2 aromatic rings. The summed E-state index contributed by atoms with van der Waals surface area (Å²) in [5.74, 6) is -0.730. The van der Waals surface area contributed by atoms with Crippen LogP contribution in [-0.4, -0.2) is 37.8 Å². The molecule has 0 atom stereocenters. The van der Waals surface area contributed by atoms with Crippen molar-refractivity contribution in [1.29, 1.82) is 0 Å². The molecule has 1 aliphatic rings. The Kier molecular flexibility index (Phi) is 4.76. The molecule has 3 rings (SSSR count). The Morgan fingerprint density at radius 3 is 2.56 bits per heavy atom. The number of nitro groups is 1. The van der Waals surface area contributed by atoms with Gasteiger partial charge in [0, 0.05) is 18.5 Å². The van der Waals surface area contributed by atoms with E-state index >= 15 is 0 Å². The van der Waals surface area contributed by atoms with Crippen molar-refractivity contribution in [3.8, 4) is 11.8 Å². The first-order valence-corrected chi connectivity index (χ1v) is 8.11. The van der Waals surface area contributed by atoms with Crippen LogP contribution in [0.3, 0.4) is 0 Å². The van der Waals surface area contributed by atoms with Gasteiger partial charge in [-0.1, -0.05) is 6.92 Å². The van der Waals surface area contributed by atoms with Crippen LogP contribution >= 0.6 is 0 Å². The van der Waals surface area contributed by atoms with Crippen molar-refractivity contribution in [2.75, 3.05) is 13.1 Å². The first-order valence-electron chi connectivity index (χ1n) is 8.11. The molecule has 146 valence electrons. The normalized spacial score (nSPS) is 16.9. The number of nitrogens with one attached hydrogen (secondary N) is 1. The summed E-state index contributed by atoms with van der Waals surface area (Å²) in [5, 5.41) is 18.2. The zero-order valence-electron chi connectivity index (χ0n) is 14.6. The zero-order chi connectivity index (χ0) is 19.8. The van der Waals surface area contributed by atoms with Gasteiger partial charge in [-0.25, -0.2) is 9.67 Å². The number of hydrogen-bond acceptors (Lipinski definition) is 7. The van der Waals surface area contributed by atoms with E-state index in [-0.39, 0.29) is 11.6 Å². The molecule has 0 saturated carbocycles. The van der Waals surface area contributed by atoms with Crippen molar-refractivity contribution in [2.24, 2.45) is 7.05 Å². The molecule has 0 unspecified atom stereocenters. The van der Waals surface area contributed by atoms with Crippen LogP contribution in [0.25, 0.3) is 0 Å². The van der Waals surface area contributed by atoms with Gasteiger partial charge in [0.1, 0.15) is 12.0 Å². The molecule has 0 amide bonds. The summed E-state index contributed by atoms with van der Waals surface area (Å²) < 4.78 is 44.6. The third-order valence-electron chi connectivity index (χ3n) is 4.58. The van der Waals surface area contributed by atoms with Crippen molar-refractivity contribution in [3.63, 3.8) is 0 Å². The second kappa shape index (κ2) is 6.76. The van der Waals surface area contributed by atoms with Crippen LogP contribution in [0.5, 0.6) is 11.8 Å². The maximum absolute atomic E-state index is 12.8. The van der Waals surface area contributed by atoms with Crippen molar-refractivity contribution in [3.05, 3.63) is 33.9 Å². The van der Waals surface area contributed by atoms with Crippen LogP contribution in [0.4, 0.5) is 18.9 Å². The Hall–Kier alpha value is -2.76. The molecule has 1 aliphatic heterocycles. The lowest BCUT2D eigenvalue weighted by atomic mass is 9.77. The van der Waals surface area contributed by atoms with E-state index in [4.69, 9.17) is 4.74 Å². The molecule has 1 saturated heterocycles. The van der Waals surface area contributed by atoms with E-state index in [1.165, 1.54) is 7.05 Å². The molecule has 0 aromatic carbocycles. The van der Waals surface area contributed by atoms with Gasteiger partial charge >= 0.3 is 17.7 Å². The van der Waals surface area contributed by atoms with Gasteiger partial charge in [-0.2, -0.15) is 23.3 Å². The van der Waals surface area contributed by atoms with E-state index in [1.807, 2.05) is 6.92 Å². The van der Waals surface area contributed by atoms with Gasteiger partial charge in [0.2, 0.25) is 5.88 Å². The summed E-state index contributed by atoms with van der Waals surface area (Å²) in [6.07, 6.45) is -2.31. The smallest absolute Gasteiger partial charge is 0.415 e. The van der Waals surface area contributed by atoms with Gasteiger partial charge in [-0.05, 0) is 25.9 Å². The van der Waals surface area contributed by atoms with Crippen LogP contribution in [0.1, 0.15) is 31.2 Å². The largest absolute Gasteiger partial charge is 0.435 e. The summed E-state index contributed by atoms with van der Waals surface area (Å²) >= 11 is 0. The highest BCUT2D eigenvalue weighted by atomic mass is 19.4. The fourth-order valence-electron chi connectivity index (χ4n) is 3.04. The molecule has 12 heteroatoms. The topological polar surface area (TPSA) is 108 Å². The Morgan fingerprint density at radius 1 is 1.33 bits per heavy atom. The van der Waals surface area contributed by atoms with Gasteiger partial charge < -0.3 is 10.1 Å². The number of aryl methyl sites for hydroxylation is 1. The van der Waals surface area contributed by atoms with Gasteiger partial charge in [-0.3, -0.25) is 10.1 Å². The summed E-state index contributed by atoms with van der Waals surface area (Å²) in [6.45, 7) is 3.20. The molecule has 3 heterocycles. The molecule has 2 aromatic heterocycles. The van der Waals surface area contributed by atoms with E-state index in [1.54, 1.807) is 0 Å². The highest BCUT2D eigenvalue weighted by Gasteiger charge is 2.40. The van der Waals surface area contributed by atoms with E-state index < -0.39 is 33.8 Å². The maximum Gasteiger partial charge on any atom is 0.435 e. The number of ether oxygens (including phenoxy) is 1. The lowest BCUT2D eigenvalue weighted by Gasteiger charge is -2.32. The zero-order valence-corrected chi connectivity index (χ0v) is 14.6. The number of aromatic nitrogens is 4. The Balaban J connectivity index is 2.03. The minimum absolute atomic E-state index is 0.206. The number of alkyl halides is 3. The predicted molar refractivity (Wildman–Crippen MR) is 86.4 cm³/mol. The van der Waals surface area contributed by atoms with Crippen LogP contribution in [0.2, 0.25) is 0 Å². The minimum atomic E-state index is -4.66. The molecule has 1 fully saturated rings. The van der Waals surface area contributed by atoms with Crippen molar-refractivity contribution >= 4 is 5.69 Å². The van der Waals surface area contributed by atoms with E-state index in [0.29, 0.717) is 32.0 Å². The molecular formula is C15H17F3N6O3. The standard InChI is InChI=1S/C15H17F3N6O3/c1-14(3-5-19-6-4-14)12-11(24(25)26)13(21-8-20-12)27-10-7-9(15(16,17)18)22-23(10)2/h7-8,19H,3-6H2,1-2H3. The Labute approximate surface area is 151 Å². The van der Waals surface area contributed by atoms with Gasteiger partial charge in [0.15, 0.2) is 5.69 Å². The minimum Gasteiger partial charge on any atom is -0.415 e. The summed E-state index contributed by atoms with van der Waals surface area (Å²) in [5.41, 5.74) is -1.98. The fourth-order valence-corrected chi connectivity index (χ4v) is 3.04. The third kappa shape index (κ3) is 3.70. The Morgan fingerprint density at radius 2 is 2.00 bits per heavy atom. The van der Waals surface area contributed by atoms with E-state index in [9.17, 15) is 23.3 Å². The third-order valence-corrected chi connectivity index (χ3v) is 4.58. The number of rotatable bonds is 4. The summed E-state index contributed by atoms with van der Waals surface area (Å²) in [7, 11) is 1.24. The lowest BCUT2D eigenvalue weighted by Crippen LogP contribution is -2.38.